The van der Waals surface area contributed by atoms with Crippen molar-refractivity contribution in [1.82, 2.24) is 4.90 Å². The Labute approximate surface area is 221 Å². The van der Waals surface area contributed by atoms with Gasteiger partial charge in [-0.3, -0.25) is 14.9 Å². The van der Waals surface area contributed by atoms with Crippen molar-refractivity contribution >= 4 is 34.7 Å². The topological polar surface area (TPSA) is 121 Å². The van der Waals surface area contributed by atoms with Crippen LogP contribution in [0.3, 0.4) is 0 Å². The SMILES string of the molecule is CCCCN(Cc1ccco1)c1ccc(NC(=O)Nc2ccc([N+](=O)[O-])cc2)cc1C(=O)N1CCCCC1. The molecule has 0 atom stereocenters. The Bertz CT molecular complexity index is 1240. The number of furan rings is 1. The molecular formula is C28H33N5O5. The monoisotopic (exact) mass is 519 g/mol. The van der Waals surface area contributed by atoms with Gasteiger partial charge in [0, 0.05) is 43.1 Å². The Balaban J connectivity index is 1.58. The Morgan fingerprint density at radius 2 is 1.74 bits per heavy atom. The molecule has 0 aliphatic carbocycles. The molecule has 38 heavy (non-hydrogen) atoms. The number of nitro groups is 1. The van der Waals surface area contributed by atoms with Gasteiger partial charge in [0.25, 0.3) is 11.6 Å². The summed E-state index contributed by atoms with van der Waals surface area (Å²) in [4.78, 5) is 40.8. The molecule has 3 amide bonds. The van der Waals surface area contributed by atoms with Gasteiger partial charge in [-0.05, 0) is 68.1 Å². The number of urea groups is 1. The average molecular weight is 520 g/mol. The molecule has 1 aliphatic rings. The number of hydrogen-bond donors (Lipinski definition) is 2. The number of hydrogen-bond acceptors (Lipinski definition) is 6. The number of carbonyl (C=O) groups excluding carboxylic acids is 2. The highest BCUT2D eigenvalue weighted by Crippen LogP contribution is 2.29. The highest BCUT2D eigenvalue weighted by atomic mass is 16.6. The first-order chi connectivity index (χ1) is 18.4. The first-order valence-electron chi connectivity index (χ1n) is 13.0. The zero-order chi connectivity index (χ0) is 26.9. The van der Waals surface area contributed by atoms with E-state index in [4.69, 9.17) is 4.42 Å². The van der Waals surface area contributed by atoms with E-state index in [-0.39, 0.29) is 11.6 Å². The van der Waals surface area contributed by atoms with Crippen LogP contribution in [0.15, 0.2) is 65.3 Å². The Kier molecular flexibility index (Phi) is 8.97. The predicted molar refractivity (Wildman–Crippen MR) is 147 cm³/mol. The number of unbranched alkanes of at least 4 members (excludes halogenated alkanes) is 1. The fraction of sp³-hybridized carbons (Fsp3) is 0.357. The molecule has 1 aromatic heterocycles. The fourth-order valence-electron chi connectivity index (χ4n) is 4.51. The normalized spacial score (nSPS) is 13.1. The Hall–Kier alpha value is -4.34. The Morgan fingerprint density at radius 1 is 1.03 bits per heavy atom. The molecule has 2 N–H and O–H groups in total. The highest BCUT2D eigenvalue weighted by molar-refractivity contribution is 6.04. The van der Waals surface area contributed by atoms with E-state index < -0.39 is 11.0 Å². The first kappa shape index (κ1) is 26.7. The third kappa shape index (κ3) is 6.90. The third-order valence-electron chi connectivity index (χ3n) is 6.51. The molecule has 3 aromatic rings. The van der Waals surface area contributed by atoms with Gasteiger partial charge in [0.15, 0.2) is 0 Å². The van der Waals surface area contributed by atoms with E-state index in [9.17, 15) is 19.7 Å². The van der Waals surface area contributed by atoms with Gasteiger partial charge in [-0.15, -0.1) is 0 Å². The number of non-ortho nitro benzene ring substituents is 1. The summed E-state index contributed by atoms with van der Waals surface area (Å²) in [6.07, 6.45) is 6.67. The predicted octanol–water partition coefficient (Wildman–Crippen LogP) is 6.26. The summed E-state index contributed by atoms with van der Waals surface area (Å²) < 4.78 is 5.60. The number of piperidine rings is 1. The van der Waals surface area contributed by atoms with Gasteiger partial charge in [-0.2, -0.15) is 0 Å². The molecule has 1 fully saturated rings. The van der Waals surface area contributed by atoms with Crippen LogP contribution in [-0.4, -0.2) is 41.4 Å². The summed E-state index contributed by atoms with van der Waals surface area (Å²) in [6, 6.07) is 14.2. The van der Waals surface area contributed by atoms with Crippen LogP contribution in [-0.2, 0) is 6.54 Å². The molecule has 0 unspecified atom stereocenters. The van der Waals surface area contributed by atoms with Gasteiger partial charge in [0.1, 0.15) is 5.76 Å². The summed E-state index contributed by atoms with van der Waals surface area (Å²) in [6.45, 7) is 4.83. The number of carbonyl (C=O) groups is 2. The molecule has 0 saturated carbocycles. The zero-order valence-electron chi connectivity index (χ0n) is 21.5. The summed E-state index contributed by atoms with van der Waals surface area (Å²) in [7, 11) is 0. The summed E-state index contributed by atoms with van der Waals surface area (Å²) in [5.41, 5.74) is 2.16. The molecule has 4 rings (SSSR count). The number of benzene rings is 2. The van der Waals surface area contributed by atoms with Crippen LogP contribution < -0.4 is 15.5 Å². The van der Waals surface area contributed by atoms with Crippen LogP contribution in [0, 0.1) is 10.1 Å². The van der Waals surface area contributed by atoms with E-state index in [0.29, 0.717) is 36.6 Å². The van der Waals surface area contributed by atoms with Gasteiger partial charge in [0.05, 0.1) is 29.0 Å². The lowest BCUT2D eigenvalue weighted by molar-refractivity contribution is -0.384. The minimum atomic E-state index is -0.513. The van der Waals surface area contributed by atoms with Crippen molar-refractivity contribution in [2.45, 2.75) is 45.6 Å². The minimum Gasteiger partial charge on any atom is -0.467 e. The first-order valence-corrected chi connectivity index (χ1v) is 13.0. The summed E-state index contributed by atoms with van der Waals surface area (Å²) in [5.74, 6) is 0.752. The van der Waals surface area contributed by atoms with Crippen molar-refractivity contribution in [3.05, 3.63) is 82.3 Å². The van der Waals surface area contributed by atoms with Crippen LogP contribution in [0.5, 0.6) is 0 Å². The smallest absolute Gasteiger partial charge is 0.323 e. The molecule has 0 bridgehead atoms. The maximum absolute atomic E-state index is 13.7. The number of nitrogens with one attached hydrogen (secondary N) is 2. The molecule has 200 valence electrons. The van der Waals surface area contributed by atoms with Crippen LogP contribution in [0.25, 0.3) is 0 Å². The molecular weight excluding hydrogens is 486 g/mol. The number of amides is 3. The number of anilines is 3. The van der Waals surface area contributed by atoms with Crippen molar-refractivity contribution in [3.8, 4) is 0 Å². The van der Waals surface area contributed by atoms with Gasteiger partial charge >= 0.3 is 6.03 Å². The molecule has 0 radical (unpaired) electrons. The van der Waals surface area contributed by atoms with Crippen molar-refractivity contribution < 1.29 is 18.9 Å². The second kappa shape index (κ2) is 12.8. The molecule has 1 saturated heterocycles. The lowest BCUT2D eigenvalue weighted by atomic mass is 10.1. The maximum atomic E-state index is 13.7. The standard InChI is InChI=1S/C28H33N5O5/c1-2-3-15-32(20-24-8-7-18-38-24)26-14-11-22(19-25(26)27(34)31-16-5-4-6-17-31)30-28(35)29-21-9-12-23(13-10-21)33(36)37/h7-14,18-19H,2-6,15-17,20H2,1H3,(H2,29,30,35). The Morgan fingerprint density at radius 3 is 2.39 bits per heavy atom. The molecule has 2 heterocycles. The molecule has 10 heteroatoms. The molecule has 2 aromatic carbocycles. The maximum Gasteiger partial charge on any atom is 0.323 e. The lowest BCUT2D eigenvalue weighted by Crippen LogP contribution is -2.37. The molecule has 0 spiro atoms. The van der Waals surface area contributed by atoms with Crippen molar-refractivity contribution in [2.75, 3.05) is 35.2 Å². The van der Waals surface area contributed by atoms with Gasteiger partial charge < -0.3 is 24.9 Å². The van der Waals surface area contributed by atoms with E-state index >= 15 is 0 Å². The number of rotatable bonds is 10. The lowest BCUT2D eigenvalue weighted by Gasteiger charge is -2.31. The second-order valence-electron chi connectivity index (χ2n) is 9.32. The van der Waals surface area contributed by atoms with E-state index in [1.54, 1.807) is 18.4 Å². The highest BCUT2D eigenvalue weighted by Gasteiger charge is 2.24. The molecule has 10 nitrogen and oxygen atoms in total. The quantitative estimate of drug-likeness (QED) is 0.241. The van der Waals surface area contributed by atoms with Gasteiger partial charge in [-0.1, -0.05) is 13.3 Å². The van der Waals surface area contributed by atoms with Crippen molar-refractivity contribution in [3.63, 3.8) is 0 Å². The fourth-order valence-corrected chi connectivity index (χ4v) is 4.51. The van der Waals surface area contributed by atoms with E-state index in [2.05, 4.69) is 22.5 Å². The van der Waals surface area contributed by atoms with Crippen LogP contribution in [0.2, 0.25) is 0 Å². The summed E-state index contributed by atoms with van der Waals surface area (Å²) >= 11 is 0. The second-order valence-corrected chi connectivity index (χ2v) is 9.32. The van der Waals surface area contributed by atoms with E-state index in [1.807, 2.05) is 23.1 Å². The number of nitrogens with zero attached hydrogens (tertiary/aromatic N) is 3. The van der Waals surface area contributed by atoms with Crippen LogP contribution in [0.4, 0.5) is 27.5 Å². The van der Waals surface area contributed by atoms with Crippen LogP contribution in [0.1, 0.15) is 55.1 Å². The van der Waals surface area contributed by atoms with E-state index in [0.717, 1.165) is 50.1 Å². The largest absolute Gasteiger partial charge is 0.467 e. The zero-order valence-corrected chi connectivity index (χ0v) is 21.5. The molecule has 1 aliphatic heterocycles. The minimum absolute atomic E-state index is 0.0555. The number of likely N-dealkylation sites (tertiary alicyclic amines) is 1. The third-order valence-corrected chi connectivity index (χ3v) is 6.51. The van der Waals surface area contributed by atoms with Crippen LogP contribution >= 0.6 is 0 Å². The van der Waals surface area contributed by atoms with E-state index in [1.165, 1.54) is 24.3 Å². The summed E-state index contributed by atoms with van der Waals surface area (Å²) in [5, 5.41) is 16.3. The average Bonchev–Trinajstić information content (AvgIpc) is 3.44. The van der Waals surface area contributed by atoms with Crippen molar-refractivity contribution in [1.29, 1.82) is 0 Å². The van der Waals surface area contributed by atoms with Crippen molar-refractivity contribution in [2.24, 2.45) is 0 Å². The van der Waals surface area contributed by atoms with Gasteiger partial charge in [0.2, 0.25) is 0 Å². The van der Waals surface area contributed by atoms with Gasteiger partial charge in [-0.25, -0.2) is 4.79 Å². The number of nitro benzene ring substituents is 1.